The smallest absolute Gasteiger partial charge is 0.304 e. The third-order valence-electron chi connectivity index (χ3n) is 2.57. The van der Waals surface area contributed by atoms with E-state index in [1.807, 2.05) is 0 Å². The molecular weight excluding hydrogens is 244 g/mol. The van der Waals surface area contributed by atoms with E-state index in [0.29, 0.717) is 6.42 Å². The van der Waals surface area contributed by atoms with Gasteiger partial charge >= 0.3 is 10.2 Å². The summed E-state index contributed by atoms with van der Waals surface area (Å²) in [4.78, 5) is 18.2. The van der Waals surface area contributed by atoms with Gasteiger partial charge < -0.3 is 4.98 Å². The average Bonchev–Trinajstić information content (AvgIpc) is 2.86. The fraction of sp³-hybridized carbons (Fsp3) is 0.556. The molecule has 2 N–H and O–H groups in total. The summed E-state index contributed by atoms with van der Waals surface area (Å²) in [7, 11) is -3.56. The number of amides is 1. The van der Waals surface area contributed by atoms with Crippen LogP contribution in [0.4, 0.5) is 0 Å². The van der Waals surface area contributed by atoms with Gasteiger partial charge in [0.05, 0.1) is 18.6 Å². The zero-order chi connectivity index (χ0) is 12.3. The molecule has 8 heteroatoms. The number of H-pyrrole nitrogens is 1. The molecule has 1 aromatic heterocycles. The maximum absolute atomic E-state index is 11.4. The Kier molecular flexibility index (Phi) is 3.43. The number of hydrogen-bond donors (Lipinski definition) is 2. The van der Waals surface area contributed by atoms with E-state index in [4.69, 9.17) is 0 Å². The Hall–Kier alpha value is -1.41. The molecule has 1 aliphatic rings. The van der Waals surface area contributed by atoms with Gasteiger partial charge in [0.25, 0.3) is 5.91 Å². The van der Waals surface area contributed by atoms with Crippen LogP contribution in [0.15, 0.2) is 12.5 Å². The van der Waals surface area contributed by atoms with Crippen LogP contribution in [-0.4, -0.2) is 41.7 Å². The first-order chi connectivity index (χ1) is 8.09. The van der Waals surface area contributed by atoms with Gasteiger partial charge in [-0.25, -0.2) is 9.29 Å². The number of hydrogen-bond acceptors (Lipinski definition) is 4. The lowest BCUT2D eigenvalue weighted by Gasteiger charge is -2.12. The molecule has 94 valence electrons. The maximum Gasteiger partial charge on any atom is 0.304 e. The summed E-state index contributed by atoms with van der Waals surface area (Å²) in [5, 5.41) is 0. The van der Waals surface area contributed by atoms with Crippen molar-refractivity contribution in [1.29, 1.82) is 0 Å². The van der Waals surface area contributed by atoms with E-state index in [1.54, 1.807) is 12.5 Å². The highest BCUT2D eigenvalue weighted by Gasteiger charge is 2.33. The van der Waals surface area contributed by atoms with Crippen LogP contribution in [0.3, 0.4) is 0 Å². The quantitative estimate of drug-likeness (QED) is 0.690. The van der Waals surface area contributed by atoms with E-state index < -0.39 is 10.2 Å². The van der Waals surface area contributed by atoms with Crippen LogP contribution in [0, 0.1) is 0 Å². The van der Waals surface area contributed by atoms with Crippen LogP contribution in [0.1, 0.15) is 18.5 Å². The van der Waals surface area contributed by atoms with Crippen LogP contribution in [0.2, 0.25) is 0 Å². The second kappa shape index (κ2) is 4.84. The lowest BCUT2D eigenvalue weighted by molar-refractivity contribution is -0.124. The Morgan fingerprint density at radius 3 is 2.82 bits per heavy atom. The molecule has 1 fully saturated rings. The Morgan fingerprint density at radius 2 is 2.24 bits per heavy atom. The minimum absolute atomic E-state index is 0.123. The molecule has 2 heterocycles. The van der Waals surface area contributed by atoms with Crippen LogP contribution in [0.5, 0.6) is 0 Å². The first-order valence-corrected chi connectivity index (χ1v) is 6.81. The molecule has 0 aliphatic carbocycles. The summed E-state index contributed by atoms with van der Waals surface area (Å²) in [6.07, 6.45) is 5.62. The molecule has 0 unspecified atom stereocenters. The van der Waals surface area contributed by atoms with E-state index in [2.05, 4.69) is 14.7 Å². The van der Waals surface area contributed by atoms with E-state index in [9.17, 15) is 13.2 Å². The van der Waals surface area contributed by atoms with Crippen LogP contribution >= 0.6 is 0 Å². The third kappa shape index (κ3) is 2.83. The zero-order valence-corrected chi connectivity index (χ0v) is 10.0. The molecule has 2 rings (SSSR count). The highest BCUT2D eigenvalue weighted by Crippen LogP contribution is 2.09. The number of carbonyl (C=O) groups excluding carboxylic acids is 1. The fourth-order valence-electron chi connectivity index (χ4n) is 1.69. The van der Waals surface area contributed by atoms with Gasteiger partial charge in [-0.05, 0) is 19.3 Å². The summed E-state index contributed by atoms with van der Waals surface area (Å²) >= 11 is 0. The van der Waals surface area contributed by atoms with Crippen molar-refractivity contribution in [3.63, 3.8) is 0 Å². The summed E-state index contributed by atoms with van der Waals surface area (Å²) < 4.78 is 25.8. The van der Waals surface area contributed by atoms with E-state index in [0.717, 1.165) is 22.8 Å². The van der Waals surface area contributed by atoms with Crippen molar-refractivity contribution in [2.24, 2.45) is 0 Å². The van der Waals surface area contributed by atoms with Gasteiger partial charge in [0.1, 0.15) is 0 Å². The van der Waals surface area contributed by atoms with Crippen LogP contribution in [0.25, 0.3) is 0 Å². The molecule has 1 saturated heterocycles. The number of aryl methyl sites for hydroxylation is 1. The van der Waals surface area contributed by atoms with Gasteiger partial charge in [0, 0.05) is 12.7 Å². The molecular formula is C9H14N4O3S. The van der Waals surface area contributed by atoms with Gasteiger partial charge in [-0.15, -0.1) is 0 Å². The summed E-state index contributed by atoms with van der Waals surface area (Å²) in [5.74, 6) is -0.384. The summed E-state index contributed by atoms with van der Waals surface area (Å²) in [6.45, 7) is 0.111. The molecule has 0 bridgehead atoms. The molecule has 0 aromatic carbocycles. The number of nitrogens with zero attached hydrogens (tertiary/aromatic N) is 2. The van der Waals surface area contributed by atoms with Crippen LogP contribution in [-0.2, 0) is 21.4 Å². The van der Waals surface area contributed by atoms with Crippen molar-refractivity contribution in [1.82, 2.24) is 19.0 Å². The van der Waals surface area contributed by atoms with Crippen molar-refractivity contribution in [2.45, 2.75) is 19.3 Å². The third-order valence-corrected chi connectivity index (χ3v) is 4.05. The lowest BCUT2D eigenvalue weighted by atomic mass is 10.2. The van der Waals surface area contributed by atoms with Crippen molar-refractivity contribution in [3.8, 4) is 0 Å². The van der Waals surface area contributed by atoms with Gasteiger partial charge in [0.15, 0.2) is 0 Å². The van der Waals surface area contributed by atoms with E-state index in [1.165, 1.54) is 0 Å². The van der Waals surface area contributed by atoms with E-state index >= 15 is 0 Å². The van der Waals surface area contributed by atoms with Gasteiger partial charge in [-0.1, -0.05) is 0 Å². The molecule has 0 radical (unpaired) electrons. The lowest BCUT2D eigenvalue weighted by Crippen LogP contribution is -2.32. The highest BCUT2D eigenvalue weighted by molar-refractivity contribution is 7.88. The Labute approximate surface area is 99.4 Å². The predicted molar refractivity (Wildman–Crippen MR) is 60.2 cm³/mol. The van der Waals surface area contributed by atoms with Crippen molar-refractivity contribution >= 4 is 16.1 Å². The molecule has 1 aliphatic heterocycles. The monoisotopic (exact) mass is 258 g/mol. The first kappa shape index (κ1) is 12.1. The van der Waals surface area contributed by atoms with Gasteiger partial charge in [-0.3, -0.25) is 4.79 Å². The van der Waals surface area contributed by atoms with Crippen molar-refractivity contribution in [3.05, 3.63) is 18.2 Å². The number of imidazole rings is 1. The van der Waals surface area contributed by atoms with Gasteiger partial charge in [0.2, 0.25) is 0 Å². The average molecular weight is 258 g/mol. The maximum atomic E-state index is 11.4. The number of aromatic amines is 1. The minimum Gasteiger partial charge on any atom is -0.351 e. The fourth-order valence-corrected chi connectivity index (χ4v) is 2.85. The molecule has 17 heavy (non-hydrogen) atoms. The zero-order valence-electron chi connectivity index (χ0n) is 9.22. The second-order valence-electron chi connectivity index (χ2n) is 3.81. The summed E-state index contributed by atoms with van der Waals surface area (Å²) in [5.41, 5.74) is 0.943. The number of carbonyl (C=O) groups is 1. The Bertz CT molecular complexity index is 482. The SMILES string of the molecule is O=C1CNS(=O)(=O)N1CCCCc1c[nH]cn1. The molecule has 0 spiro atoms. The standard InChI is InChI=1S/C9H14N4O3S/c14-9-6-12-17(15,16)13(9)4-2-1-3-8-5-10-7-11-8/h5,7,12H,1-4,6H2,(H,10,11). The molecule has 7 nitrogen and oxygen atoms in total. The van der Waals surface area contributed by atoms with Crippen molar-refractivity contribution < 1.29 is 13.2 Å². The molecule has 0 atom stereocenters. The number of aromatic nitrogens is 2. The van der Waals surface area contributed by atoms with E-state index in [-0.39, 0.29) is 19.0 Å². The van der Waals surface area contributed by atoms with Crippen molar-refractivity contribution in [2.75, 3.05) is 13.1 Å². The predicted octanol–water partition coefficient (Wildman–Crippen LogP) is -0.591. The normalized spacial score (nSPS) is 18.8. The minimum atomic E-state index is -3.56. The Balaban J connectivity index is 1.77. The Morgan fingerprint density at radius 1 is 1.41 bits per heavy atom. The largest absolute Gasteiger partial charge is 0.351 e. The summed E-state index contributed by atoms with van der Waals surface area (Å²) in [6, 6.07) is 0. The molecule has 0 saturated carbocycles. The number of rotatable bonds is 5. The number of nitrogens with one attached hydrogen (secondary N) is 2. The second-order valence-corrected chi connectivity index (χ2v) is 5.49. The van der Waals surface area contributed by atoms with Crippen LogP contribution < -0.4 is 4.72 Å². The van der Waals surface area contributed by atoms with Gasteiger partial charge in [-0.2, -0.15) is 13.1 Å². The number of unbranched alkanes of at least 4 members (excludes halogenated alkanes) is 1. The topological polar surface area (TPSA) is 95.2 Å². The molecule has 1 aromatic rings. The first-order valence-electron chi connectivity index (χ1n) is 5.37. The highest BCUT2D eigenvalue weighted by atomic mass is 32.2. The molecule has 1 amide bonds.